The van der Waals surface area contributed by atoms with Crippen molar-refractivity contribution in [1.29, 1.82) is 0 Å². The lowest BCUT2D eigenvalue weighted by Gasteiger charge is -2.39. The molecule has 0 heterocycles. The van der Waals surface area contributed by atoms with E-state index in [1.54, 1.807) is 0 Å². The topological polar surface area (TPSA) is 73.4 Å². The van der Waals surface area contributed by atoms with E-state index in [1.165, 1.54) is 5.56 Å². The third-order valence-corrected chi connectivity index (χ3v) is 8.43. The van der Waals surface area contributed by atoms with Crippen LogP contribution >= 0.6 is 0 Å². The van der Waals surface area contributed by atoms with Crippen LogP contribution in [0.1, 0.15) is 82.0 Å². The van der Waals surface area contributed by atoms with E-state index in [2.05, 4.69) is 67.1 Å². The minimum atomic E-state index is -1.34. The van der Waals surface area contributed by atoms with Gasteiger partial charge in [-0.1, -0.05) is 105 Å². The highest BCUT2D eigenvalue weighted by Gasteiger charge is 2.41. The molecule has 0 unspecified atom stereocenters. The summed E-state index contributed by atoms with van der Waals surface area (Å²) in [5.41, 5.74) is 1.54. The first-order valence-corrected chi connectivity index (χ1v) is 15.0. The Bertz CT molecular complexity index is 1110. The van der Waals surface area contributed by atoms with Crippen molar-refractivity contribution < 1.29 is 9.90 Å². The maximum absolute atomic E-state index is 13.3. The number of urea groups is 1. The Labute approximate surface area is 240 Å². The standard InChI is InChI=1S/C35H47N3O2/c1-26(2)25-33(35(40,30-15-9-5-10-16-30)31-17-11-6-12-18-31)38-34(39)37-32-21-19-28(20-22-32)23-24-36-27(3)29-13-7-4-8-14-29/h4-18,26-28,32-33,36,40H,19-25H2,1-3H3,(H2,37,38,39)/t27-,28?,32?,33+/m1/s1. The van der Waals surface area contributed by atoms with Crippen LogP contribution in [0.25, 0.3) is 0 Å². The van der Waals surface area contributed by atoms with Crippen molar-refractivity contribution in [2.75, 3.05) is 6.54 Å². The summed E-state index contributed by atoms with van der Waals surface area (Å²) in [7, 11) is 0. The van der Waals surface area contributed by atoms with Gasteiger partial charge in [0.05, 0.1) is 6.04 Å². The van der Waals surface area contributed by atoms with Gasteiger partial charge < -0.3 is 21.1 Å². The molecule has 0 bridgehead atoms. The molecule has 2 atom stereocenters. The quantitative estimate of drug-likeness (QED) is 0.201. The highest BCUT2D eigenvalue weighted by Crippen LogP contribution is 2.36. The summed E-state index contributed by atoms with van der Waals surface area (Å²) in [5, 5.41) is 22.4. The summed E-state index contributed by atoms with van der Waals surface area (Å²) < 4.78 is 0. The van der Waals surface area contributed by atoms with Crippen molar-refractivity contribution in [1.82, 2.24) is 16.0 Å². The predicted molar refractivity (Wildman–Crippen MR) is 164 cm³/mol. The molecule has 4 N–H and O–H groups in total. The monoisotopic (exact) mass is 541 g/mol. The van der Waals surface area contributed by atoms with Crippen molar-refractivity contribution in [3.63, 3.8) is 0 Å². The average Bonchev–Trinajstić information content (AvgIpc) is 2.98. The minimum Gasteiger partial charge on any atom is -0.378 e. The first kappa shape index (κ1) is 29.8. The van der Waals surface area contributed by atoms with Crippen LogP contribution in [0, 0.1) is 11.8 Å². The molecule has 2 amide bonds. The molecule has 5 nitrogen and oxygen atoms in total. The van der Waals surface area contributed by atoms with E-state index in [0.717, 1.165) is 49.8 Å². The number of amides is 2. The Morgan fingerprint density at radius 1 is 0.825 bits per heavy atom. The number of aliphatic hydroxyl groups is 1. The van der Waals surface area contributed by atoms with Crippen LogP contribution in [0.4, 0.5) is 4.79 Å². The van der Waals surface area contributed by atoms with E-state index in [0.29, 0.717) is 18.4 Å². The molecule has 0 saturated heterocycles. The predicted octanol–water partition coefficient (Wildman–Crippen LogP) is 6.94. The van der Waals surface area contributed by atoms with Crippen LogP contribution in [0.15, 0.2) is 91.0 Å². The molecule has 1 aliphatic carbocycles. The highest BCUT2D eigenvalue weighted by atomic mass is 16.3. The molecule has 0 spiro atoms. The molecule has 0 aliphatic heterocycles. The first-order valence-electron chi connectivity index (χ1n) is 15.0. The number of benzene rings is 3. The molecule has 1 aliphatic rings. The number of hydrogen-bond donors (Lipinski definition) is 4. The van der Waals surface area contributed by atoms with E-state index >= 15 is 0 Å². The fourth-order valence-corrected chi connectivity index (χ4v) is 6.10. The van der Waals surface area contributed by atoms with Gasteiger partial charge in [-0.3, -0.25) is 0 Å². The maximum Gasteiger partial charge on any atom is 0.315 e. The molecule has 3 aromatic carbocycles. The van der Waals surface area contributed by atoms with E-state index in [9.17, 15) is 9.90 Å². The lowest BCUT2D eigenvalue weighted by molar-refractivity contribution is 0.0327. The Balaban J connectivity index is 1.32. The number of carbonyl (C=O) groups excluding carboxylic acids is 1. The van der Waals surface area contributed by atoms with Crippen molar-refractivity contribution >= 4 is 6.03 Å². The summed E-state index contributed by atoms with van der Waals surface area (Å²) >= 11 is 0. The van der Waals surface area contributed by atoms with Crippen molar-refractivity contribution in [3.05, 3.63) is 108 Å². The molecule has 3 aromatic rings. The summed E-state index contributed by atoms with van der Waals surface area (Å²) in [5.74, 6) is 0.976. The van der Waals surface area contributed by atoms with Crippen molar-refractivity contribution in [3.8, 4) is 0 Å². The third-order valence-electron chi connectivity index (χ3n) is 8.43. The number of rotatable bonds is 12. The molecule has 1 saturated carbocycles. The largest absolute Gasteiger partial charge is 0.378 e. The van der Waals surface area contributed by atoms with Gasteiger partial charge in [0.1, 0.15) is 5.60 Å². The van der Waals surface area contributed by atoms with Crippen LogP contribution < -0.4 is 16.0 Å². The highest BCUT2D eigenvalue weighted by molar-refractivity contribution is 5.75. The zero-order chi connectivity index (χ0) is 28.4. The van der Waals surface area contributed by atoms with Gasteiger partial charge in [-0.2, -0.15) is 0 Å². The van der Waals surface area contributed by atoms with Gasteiger partial charge in [0, 0.05) is 12.1 Å². The van der Waals surface area contributed by atoms with Crippen LogP contribution in [-0.2, 0) is 5.60 Å². The van der Waals surface area contributed by atoms with Gasteiger partial charge in [0.25, 0.3) is 0 Å². The lowest BCUT2D eigenvalue weighted by atomic mass is 9.77. The van der Waals surface area contributed by atoms with Crippen molar-refractivity contribution in [2.45, 2.75) is 83.0 Å². The molecule has 0 radical (unpaired) electrons. The first-order chi connectivity index (χ1) is 19.4. The van der Waals surface area contributed by atoms with E-state index < -0.39 is 11.6 Å². The zero-order valence-electron chi connectivity index (χ0n) is 24.4. The SMILES string of the molecule is CC(C)C[C@H](NC(=O)NC1CCC(CCN[C@H](C)c2ccccc2)CC1)C(O)(c1ccccc1)c1ccccc1. The number of hydrogen-bond acceptors (Lipinski definition) is 3. The molecular formula is C35H47N3O2. The van der Waals surface area contributed by atoms with Crippen molar-refractivity contribution in [2.24, 2.45) is 11.8 Å². The second-order valence-corrected chi connectivity index (χ2v) is 11.9. The molecule has 4 rings (SSSR count). The Morgan fingerprint density at radius 3 is 1.88 bits per heavy atom. The van der Waals surface area contributed by atoms with Gasteiger partial charge in [0.2, 0.25) is 0 Å². The Morgan fingerprint density at radius 2 is 1.35 bits per heavy atom. The number of nitrogens with one attached hydrogen (secondary N) is 3. The van der Waals surface area contributed by atoms with Crippen LogP contribution in [0.2, 0.25) is 0 Å². The second kappa shape index (κ2) is 14.5. The summed E-state index contributed by atoms with van der Waals surface area (Å²) in [6.07, 6.45) is 6.04. The average molecular weight is 542 g/mol. The van der Waals surface area contributed by atoms with Gasteiger partial charge in [-0.25, -0.2) is 4.79 Å². The van der Waals surface area contributed by atoms with Gasteiger partial charge in [-0.15, -0.1) is 0 Å². The van der Waals surface area contributed by atoms with E-state index in [1.807, 2.05) is 60.7 Å². The smallest absolute Gasteiger partial charge is 0.315 e. The molecule has 5 heteroatoms. The fourth-order valence-electron chi connectivity index (χ4n) is 6.10. The molecular weight excluding hydrogens is 494 g/mol. The molecule has 214 valence electrons. The minimum absolute atomic E-state index is 0.161. The molecule has 40 heavy (non-hydrogen) atoms. The van der Waals surface area contributed by atoms with Gasteiger partial charge in [0.15, 0.2) is 0 Å². The molecule has 0 aromatic heterocycles. The zero-order valence-corrected chi connectivity index (χ0v) is 24.4. The van der Waals surface area contributed by atoms with E-state index in [4.69, 9.17) is 0 Å². The van der Waals surface area contributed by atoms with Crippen LogP contribution in [0.5, 0.6) is 0 Å². The fraction of sp³-hybridized carbons (Fsp3) is 0.457. The normalized spacial score (nSPS) is 19.1. The Kier molecular flexibility index (Phi) is 10.8. The molecule has 1 fully saturated rings. The van der Waals surface area contributed by atoms with E-state index in [-0.39, 0.29) is 18.0 Å². The second-order valence-electron chi connectivity index (χ2n) is 11.9. The van der Waals surface area contributed by atoms with Crippen LogP contribution in [0.3, 0.4) is 0 Å². The lowest BCUT2D eigenvalue weighted by Crippen LogP contribution is -2.56. The summed E-state index contributed by atoms with van der Waals surface area (Å²) in [4.78, 5) is 13.3. The van der Waals surface area contributed by atoms with Crippen LogP contribution in [-0.4, -0.2) is 29.8 Å². The number of carbonyl (C=O) groups is 1. The maximum atomic E-state index is 13.3. The van der Waals surface area contributed by atoms with Gasteiger partial charge >= 0.3 is 6.03 Å². The van der Waals surface area contributed by atoms with Gasteiger partial charge in [-0.05, 0) is 80.5 Å². The summed E-state index contributed by atoms with van der Waals surface area (Å²) in [6, 6.07) is 29.8. The Hall–Kier alpha value is -3.15. The summed E-state index contributed by atoms with van der Waals surface area (Å²) in [6.45, 7) is 7.48. The third kappa shape index (κ3) is 7.96.